The Kier molecular flexibility index (Phi) is 4.39. The van der Waals surface area contributed by atoms with Gasteiger partial charge in [0.1, 0.15) is 5.03 Å². The van der Waals surface area contributed by atoms with Gasteiger partial charge < -0.3 is 4.90 Å². The van der Waals surface area contributed by atoms with E-state index in [4.69, 9.17) is 4.98 Å². The van der Waals surface area contributed by atoms with Gasteiger partial charge in [-0.2, -0.15) is 0 Å². The lowest BCUT2D eigenvalue weighted by Gasteiger charge is -2.15. The van der Waals surface area contributed by atoms with E-state index in [0.717, 1.165) is 42.0 Å². The molecule has 0 atom stereocenters. The third-order valence-electron chi connectivity index (χ3n) is 4.37. The molecule has 4 heteroatoms. The second kappa shape index (κ2) is 6.29. The van der Waals surface area contributed by atoms with Gasteiger partial charge in [-0.3, -0.25) is 4.79 Å². The molecule has 1 fully saturated rings. The van der Waals surface area contributed by atoms with E-state index in [9.17, 15) is 4.79 Å². The van der Waals surface area contributed by atoms with Gasteiger partial charge >= 0.3 is 0 Å². The molecule has 2 aromatic rings. The highest BCUT2D eigenvalue weighted by Gasteiger charge is 2.18. The summed E-state index contributed by atoms with van der Waals surface area (Å²) in [6.07, 6.45) is 2.28. The number of hydrogen-bond acceptors (Lipinski definition) is 3. The molecule has 2 heterocycles. The zero-order valence-corrected chi connectivity index (χ0v) is 14.3. The third-order valence-corrected chi connectivity index (χ3v) is 5.44. The minimum Gasteiger partial charge on any atom is -0.342 e. The van der Waals surface area contributed by atoms with Crippen LogP contribution in [0.15, 0.2) is 23.2 Å². The molecular weight excluding hydrogens is 292 g/mol. The van der Waals surface area contributed by atoms with Gasteiger partial charge in [0.15, 0.2) is 0 Å². The average Bonchev–Trinajstić information content (AvgIpc) is 3.01. The predicted molar refractivity (Wildman–Crippen MR) is 92.5 cm³/mol. The molecule has 1 aromatic carbocycles. The smallest absolute Gasteiger partial charge is 0.232 e. The Morgan fingerprint density at radius 2 is 1.73 bits per heavy atom. The molecule has 116 valence electrons. The van der Waals surface area contributed by atoms with Crippen molar-refractivity contribution in [1.82, 2.24) is 9.88 Å². The van der Waals surface area contributed by atoms with E-state index >= 15 is 0 Å². The second-order valence-electron chi connectivity index (χ2n) is 6.12. The third kappa shape index (κ3) is 3.12. The number of aryl methyl sites for hydroxylation is 3. The molecule has 3 rings (SSSR count). The highest BCUT2D eigenvalue weighted by atomic mass is 32.2. The maximum Gasteiger partial charge on any atom is 0.232 e. The largest absolute Gasteiger partial charge is 0.342 e. The first-order valence-corrected chi connectivity index (χ1v) is 8.82. The minimum absolute atomic E-state index is 0.240. The van der Waals surface area contributed by atoms with E-state index < -0.39 is 0 Å². The first-order valence-electron chi connectivity index (χ1n) is 7.84. The molecule has 1 aliphatic rings. The zero-order chi connectivity index (χ0) is 15.7. The maximum atomic E-state index is 12.2. The van der Waals surface area contributed by atoms with Gasteiger partial charge in [0.2, 0.25) is 5.91 Å². The number of amides is 1. The number of pyridine rings is 1. The van der Waals surface area contributed by atoms with Crippen LogP contribution in [0.4, 0.5) is 0 Å². The molecule has 22 heavy (non-hydrogen) atoms. The standard InChI is InChI=1S/C18H22N2OS/c1-12-8-15-9-14(3)18(19-16(15)10-13(12)2)22-11-17(21)20-6-4-5-7-20/h8-10H,4-7,11H2,1-3H3. The van der Waals surface area contributed by atoms with Gasteiger partial charge in [-0.05, 0) is 68.5 Å². The van der Waals surface area contributed by atoms with Crippen molar-refractivity contribution in [2.75, 3.05) is 18.8 Å². The van der Waals surface area contributed by atoms with E-state index in [1.54, 1.807) is 11.8 Å². The number of thioether (sulfide) groups is 1. The summed E-state index contributed by atoms with van der Waals surface area (Å²) >= 11 is 1.56. The lowest BCUT2D eigenvalue weighted by Crippen LogP contribution is -2.29. The van der Waals surface area contributed by atoms with Crippen molar-refractivity contribution in [3.63, 3.8) is 0 Å². The van der Waals surface area contributed by atoms with Crippen molar-refractivity contribution < 1.29 is 4.79 Å². The Morgan fingerprint density at radius 1 is 1.09 bits per heavy atom. The van der Waals surface area contributed by atoms with Gasteiger partial charge in [0.05, 0.1) is 11.3 Å². The summed E-state index contributed by atoms with van der Waals surface area (Å²) in [4.78, 5) is 18.9. The minimum atomic E-state index is 0.240. The van der Waals surface area contributed by atoms with Gasteiger partial charge in [-0.1, -0.05) is 11.8 Å². The molecule has 1 aliphatic heterocycles. The summed E-state index contributed by atoms with van der Waals surface area (Å²) in [5.41, 5.74) is 4.71. The van der Waals surface area contributed by atoms with Gasteiger partial charge in [-0.25, -0.2) is 4.98 Å². The van der Waals surface area contributed by atoms with Crippen molar-refractivity contribution >= 4 is 28.6 Å². The van der Waals surface area contributed by atoms with Gasteiger partial charge in [-0.15, -0.1) is 0 Å². The number of carbonyl (C=O) groups excluding carboxylic acids is 1. The molecule has 0 aliphatic carbocycles. The van der Waals surface area contributed by atoms with Crippen LogP contribution in [0, 0.1) is 20.8 Å². The Hall–Kier alpha value is -1.55. The van der Waals surface area contributed by atoms with Gasteiger partial charge in [0.25, 0.3) is 0 Å². The van der Waals surface area contributed by atoms with E-state index in [1.807, 2.05) is 4.90 Å². The Bertz CT molecular complexity index is 721. The topological polar surface area (TPSA) is 33.2 Å². The lowest BCUT2D eigenvalue weighted by molar-refractivity contribution is -0.127. The maximum absolute atomic E-state index is 12.2. The molecule has 0 radical (unpaired) electrons. The SMILES string of the molecule is Cc1cc2cc(C)c(SCC(=O)N3CCCC3)nc2cc1C. The molecule has 0 bridgehead atoms. The first kappa shape index (κ1) is 15.3. The van der Waals surface area contributed by atoms with E-state index in [1.165, 1.54) is 16.5 Å². The molecule has 0 N–H and O–H groups in total. The number of fused-ring (bicyclic) bond motifs is 1. The van der Waals surface area contributed by atoms with Crippen LogP contribution in [0.25, 0.3) is 10.9 Å². The van der Waals surface area contributed by atoms with E-state index in [2.05, 4.69) is 39.0 Å². The predicted octanol–water partition coefficient (Wildman–Crippen LogP) is 3.87. The van der Waals surface area contributed by atoms with E-state index in [-0.39, 0.29) is 5.91 Å². The molecule has 3 nitrogen and oxygen atoms in total. The summed E-state index contributed by atoms with van der Waals surface area (Å²) in [5, 5.41) is 2.15. The second-order valence-corrected chi connectivity index (χ2v) is 7.08. The molecule has 1 aromatic heterocycles. The molecule has 0 spiro atoms. The highest BCUT2D eigenvalue weighted by molar-refractivity contribution is 7.99. The molecule has 0 unspecified atom stereocenters. The van der Waals surface area contributed by atoms with Crippen molar-refractivity contribution in [2.45, 2.75) is 38.6 Å². The van der Waals surface area contributed by atoms with Crippen LogP contribution in [-0.2, 0) is 4.79 Å². The molecule has 1 saturated heterocycles. The number of rotatable bonds is 3. The number of carbonyl (C=O) groups is 1. The fourth-order valence-corrected chi connectivity index (χ4v) is 3.75. The molecular formula is C18H22N2OS. The summed E-state index contributed by atoms with van der Waals surface area (Å²) < 4.78 is 0. The number of nitrogens with zero attached hydrogens (tertiary/aromatic N) is 2. The van der Waals surface area contributed by atoms with Crippen LogP contribution >= 0.6 is 11.8 Å². The highest BCUT2D eigenvalue weighted by Crippen LogP contribution is 2.26. The van der Waals surface area contributed by atoms with Gasteiger partial charge in [0, 0.05) is 18.5 Å². The lowest BCUT2D eigenvalue weighted by atomic mass is 10.1. The summed E-state index contributed by atoms with van der Waals surface area (Å²) in [6.45, 7) is 8.15. The number of likely N-dealkylation sites (tertiary alicyclic amines) is 1. The van der Waals surface area contributed by atoms with Crippen molar-refractivity contribution in [1.29, 1.82) is 0 Å². The quantitative estimate of drug-likeness (QED) is 0.806. The Morgan fingerprint density at radius 3 is 2.45 bits per heavy atom. The Balaban J connectivity index is 1.79. The van der Waals surface area contributed by atoms with Crippen LogP contribution in [0.3, 0.4) is 0 Å². The summed E-state index contributed by atoms with van der Waals surface area (Å²) in [7, 11) is 0. The number of benzene rings is 1. The van der Waals surface area contributed by atoms with Crippen LogP contribution in [-0.4, -0.2) is 34.6 Å². The average molecular weight is 314 g/mol. The van der Waals surface area contributed by atoms with Crippen LogP contribution in [0.5, 0.6) is 0 Å². The van der Waals surface area contributed by atoms with Crippen LogP contribution in [0.1, 0.15) is 29.5 Å². The van der Waals surface area contributed by atoms with Crippen LogP contribution in [0.2, 0.25) is 0 Å². The molecule has 1 amide bonds. The fourth-order valence-electron chi connectivity index (χ4n) is 2.86. The summed E-state index contributed by atoms with van der Waals surface area (Å²) in [5.74, 6) is 0.730. The number of aromatic nitrogens is 1. The monoisotopic (exact) mass is 314 g/mol. The first-order chi connectivity index (χ1) is 10.5. The van der Waals surface area contributed by atoms with Crippen molar-refractivity contribution in [2.24, 2.45) is 0 Å². The molecule has 0 saturated carbocycles. The Labute approximate surface area is 136 Å². The van der Waals surface area contributed by atoms with Crippen LogP contribution < -0.4 is 0 Å². The fraction of sp³-hybridized carbons (Fsp3) is 0.444. The summed E-state index contributed by atoms with van der Waals surface area (Å²) in [6, 6.07) is 6.50. The van der Waals surface area contributed by atoms with Crippen molar-refractivity contribution in [3.8, 4) is 0 Å². The zero-order valence-electron chi connectivity index (χ0n) is 13.5. The normalized spacial score (nSPS) is 14.8. The van der Waals surface area contributed by atoms with Crippen molar-refractivity contribution in [3.05, 3.63) is 34.9 Å². The van der Waals surface area contributed by atoms with E-state index in [0.29, 0.717) is 5.75 Å². The number of hydrogen-bond donors (Lipinski definition) is 0.